The zero-order valence-electron chi connectivity index (χ0n) is 13.1. The molecule has 0 aliphatic heterocycles. The lowest BCUT2D eigenvalue weighted by atomic mass is 10.1. The van der Waals surface area contributed by atoms with E-state index in [1.54, 1.807) is 0 Å². The number of alkyl halides is 3. The van der Waals surface area contributed by atoms with Crippen LogP contribution in [-0.2, 0) is 22.3 Å². The molecule has 2 nitrogen and oxygen atoms in total. The Labute approximate surface area is 152 Å². The summed E-state index contributed by atoms with van der Waals surface area (Å²) in [6, 6.07) is 13.0. The van der Waals surface area contributed by atoms with Crippen LogP contribution in [0.25, 0.3) is 0 Å². The fourth-order valence-corrected chi connectivity index (χ4v) is 2.35. The van der Waals surface area contributed by atoms with Crippen molar-refractivity contribution in [1.82, 2.24) is 0 Å². The van der Waals surface area contributed by atoms with Gasteiger partial charge in [0.05, 0.1) is 12.0 Å². The average Bonchev–Trinajstić information content (AvgIpc) is 2.58. The maximum Gasteiger partial charge on any atom is 0.417 e. The average molecular weight is 411 g/mol. The van der Waals surface area contributed by atoms with Crippen LogP contribution in [0.5, 0.6) is 0 Å². The first kappa shape index (κ1) is 19.1. The highest BCUT2D eigenvalue weighted by molar-refractivity contribution is 9.10. The molecule has 0 aliphatic carbocycles. The van der Waals surface area contributed by atoms with Crippen molar-refractivity contribution in [1.29, 1.82) is 0 Å². The molecule has 2 aromatic carbocycles. The second-order valence-corrected chi connectivity index (χ2v) is 6.05. The van der Waals surface area contributed by atoms with Gasteiger partial charge >= 0.3 is 12.1 Å². The lowest BCUT2D eigenvalue weighted by Gasteiger charge is -2.09. The van der Waals surface area contributed by atoms with E-state index in [9.17, 15) is 18.0 Å². The van der Waals surface area contributed by atoms with Crippen LogP contribution in [0.1, 0.15) is 29.5 Å². The Morgan fingerprint density at radius 2 is 1.84 bits per heavy atom. The van der Waals surface area contributed by atoms with Crippen LogP contribution in [0.2, 0.25) is 0 Å². The fraction of sp³-hybridized carbons (Fsp3) is 0.211. The summed E-state index contributed by atoms with van der Waals surface area (Å²) in [4.78, 5) is 11.6. The Bertz CT molecular complexity index is 790. The molecule has 2 rings (SSSR count). The predicted molar refractivity (Wildman–Crippen MR) is 91.5 cm³/mol. The highest BCUT2D eigenvalue weighted by Gasteiger charge is 2.33. The van der Waals surface area contributed by atoms with Crippen LogP contribution in [0.4, 0.5) is 13.2 Å². The number of halogens is 4. The fourth-order valence-electron chi connectivity index (χ4n) is 1.99. The van der Waals surface area contributed by atoms with E-state index >= 15 is 0 Å². The van der Waals surface area contributed by atoms with Crippen molar-refractivity contribution in [2.75, 3.05) is 0 Å². The minimum atomic E-state index is -4.48. The Hall–Kier alpha value is -2.26. The summed E-state index contributed by atoms with van der Waals surface area (Å²) in [5.41, 5.74) is -0.0546. The Morgan fingerprint density at radius 3 is 2.52 bits per heavy atom. The van der Waals surface area contributed by atoms with E-state index < -0.39 is 17.7 Å². The molecule has 0 bridgehead atoms. The topological polar surface area (TPSA) is 26.3 Å². The van der Waals surface area contributed by atoms with Gasteiger partial charge in [-0.2, -0.15) is 13.2 Å². The van der Waals surface area contributed by atoms with Crippen LogP contribution < -0.4 is 0 Å². The first-order valence-electron chi connectivity index (χ1n) is 7.41. The molecule has 0 N–H and O–H groups in total. The van der Waals surface area contributed by atoms with E-state index in [1.807, 2.05) is 30.3 Å². The van der Waals surface area contributed by atoms with Gasteiger partial charge in [-0.15, -0.1) is 0 Å². The first-order chi connectivity index (χ1) is 11.9. The largest absolute Gasteiger partial charge is 0.461 e. The normalized spacial score (nSPS) is 10.7. The maximum absolute atomic E-state index is 13.0. The molecule has 0 amide bonds. The Kier molecular flexibility index (Phi) is 6.65. The molecule has 2 aromatic rings. The van der Waals surface area contributed by atoms with Crippen molar-refractivity contribution in [3.63, 3.8) is 0 Å². The molecule has 25 heavy (non-hydrogen) atoms. The van der Waals surface area contributed by atoms with Gasteiger partial charge in [0, 0.05) is 16.5 Å². The summed E-state index contributed by atoms with van der Waals surface area (Å²) < 4.78 is 44.3. The molecule has 0 radical (unpaired) electrons. The maximum atomic E-state index is 13.0. The number of rotatable bonds is 4. The SMILES string of the molecule is O=C(CCC#Cc1ccc(Br)cc1C(F)(F)F)OCc1ccccc1. The van der Waals surface area contributed by atoms with Crippen LogP contribution in [0, 0.1) is 11.8 Å². The summed E-state index contributed by atoms with van der Waals surface area (Å²) in [6.07, 6.45) is -4.33. The molecule has 0 saturated carbocycles. The number of esters is 1. The summed E-state index contributed by atoms with van der Waals surface area (Å²) in [7, 11) is 0. The van der Waals surface area contributed by atoms with Gasteiger partial charge in [-0.25, -0.2) is 0 Å². The smallest absolute Gasteiger partial charge is 0.417 e. The molecule has 130 valence electrons. The lowest BCUT2D eigenvalue weighted by molar-refractivity contribution is -0.144. The highest BCUT2D eigenvalue weighted by atomic mass is 79.9. The third-order valence-electron chi connectivity index (χ3n) is 3.21. The van der Waals surface area contributed by atoms with E-state index in [-0.39, 0.29) is 25.0 Å². The van der Waals surface area contributed by atoms with E-state index in [2.05, 4.69) is 27.8 Å². The molecule has 0 fully saturated rings. The molecule has 0 atom stereocenters. The van der Waals surface area contributed by atoms with Crippen molar-refractivity contribution in [2.45, 2.75) is 25.6 Å². The number of carbonyl (C=O) groups is 1. The van der Waals surface area contributed by atoms with Gasteiger partial charge in [0.25, 0.3) is 0 Å². The monoisotopic (exact) mass is 410 g/mol. The molecule has 0 heterocycles. The van der Waals surface area contributed by atoms with Gasteiger partial charge in [0.15, 0.2) is 0 Å². The van der Waals surface area contributed by atoms with E-state index in [1.165, 1.54) is 12.1 Å². The van der Waals surface area contributed by atoms with Crippen LogP contribution in [0.3, 0.4) is 0 Å². The van der Waals surface area contributed by atoms with Crippen LogP contribution in [0.15, 0.2) is 53.0 Å². The van der Waals surface area contributed by atoms with Crippen molar-refractivity contribution >= 4 is 21.9 Å². The van der Waals surface area contributed by atoms with Gasteiger partial charge in [0.1, 0.15) is 6.61 Å². The molecule has 6 heteroatoms. The lowest BCUT2D eigenvalue weighted by Crippen LogP contribution is -2.07. The van der Waals surface area contributed by atoms with Gasteiger partial charge in [-0.3, -0.25) is 4.79 Å². The van der Waals surface area contributed by atoms with Crippen molar-refractivity contribution in [3.8, 4) is 11.8 Å². The molecular weight excluding hydrogens is 397 g/mol. The molecule has 0 saturated heterocycles. The third-order valence-corrected chi connectivity index (χ3v) is 3.70. The predicted octanol–water partition coefficient (Wildman–Crippen LogP) is 5.34. The van der Waals surface area contributed by atoms with E-state index in [0.29, 0.717) is 4.47 Å². The summed E-state index contributed by atoms with van der Waals surface area (Å²) in [6.45, 7) is 0.165. The summed E-state index contributed by atoms with van der Waals surface area (Å²) in [5, 5.41) is 0. The molecule has 0 spiro atoms. The van der Waals surface area contributed by atoms with Gasteiger partial charge in [-0.05, 0) is 23.8 Å². The number of benzene rings is 2. The minimum absolute atomic E-state index is 0.0255. The zero-order valence-corrected chi connectivity index (χ0v) is 14.7. The van der Waals surface area contributed by atoms with Gasteiger partial charge in [-0.1, -0.05) is 58.1 Å². The first-order valence-corrected chi connectivity index (χ1v) is 8.21. The summed E-state index contributed by atoms with van der Waals surface area (Å²) in [5.74, 6) is 4.63. The summed E-state index contributed by atoms with van der Waals surface area (Å²) >= 11 is 3.02. The van der Waals surface area contributed by atoms with Crippen molar-refractivity contribution < 1.29 is 22.7 Å². The van der Waals surface area contributed by atoms with Gasteiger partial charge in [0.2, 0.25) is 0 Å². The number of hydrogen-bond acceptors (Lipinski definition) is 2. The quantitative estimate of drug-likeness (QED) is 0.502. The van der Waals surface area contributed by atoms with Gasteiger partial charge < -0.3 is 4.74 Å². The second-order valence-electron chi connectivity index (χ2n) is 5.14. The minimum Gasteiger partial charge on any atom is -0.461 e. The molecule has 0 aliphatic rings. The molecular formula is C19H14BrF3O2. The molecule has 0 aromatic heterocycles. The number of hydrogen-bond donors (Lipinski definition) is 0. The number of carbonyl (C=O) groups excluding carboxylic acids is 1. The van der Waals surface area contributed by atoms with Crippen LogP contribution >= 0.6 is 15.9 Å². The Morgan fingerprint density at radius 1 is 1.12 bits per heavy atom. The Balaban J connectivity index is 1.89. The zero-order chi connectivity index (χ0) is 18.3. The van der Waals surface area contributed by atoms with E-state index in [4.69, 9.17) is 4.74 Å². The van der Waals surface area contributed by atoms with Crippen molar-refractivity contribution in [2.24, 2.45) is 0 Å². The third kappa shape index (κ3) is 6.28. The molecule has 0 unspecified atom stereocenters. The second kappa shape index (κ2) is 8.72. The van der Waals surface area contributed by atoms with Crippen molar-refractivity contribution in [3.05, 3.63) is 69.7 Å². The standard InChI is InChI=1S/C19H14BrF3O2/c20-16-11-10-15(17(12-16)19(21,22)23)8-4-5-9-18(24)25-13-14-6-2-1-3-7-14/h1-3,6-7,10-12H,5,9,13H2. The number of ether oxygens (including phenoxy) is 1. The highest BCUT2D eigenvalue weighted by Crippen LogP contribution is 2.33. The van der Waals surface area contributed by atoms with E-state index in [0.717, 1.165) is 11.6 Å². The van der Waals surface area contributed by atoms with Crippen LogP contribution in [-0.4, -0.2) is 5.97 Å².